The Morgan fingerprint density at radius 1 is 0.220 bits per heavy atom. The summed E-state index contributed by atoms with van der Waals surface area (Å²) in [5.41, 5.74) is 0. The minimum atomic E-state index is -2.21. The lowest BCUT2D eigenvalue weighted by atomic mass is 10.0. The lowest BCUT2D eigenvalue weighted by molar-refractivity contribution is -0.391. The normalized spacial score (nSPS) is 54.1. The second-order valence-corrected chi connectivity index (χ2v) is 23.3. The van der Waals surface area contributed by atoms with Crippen molar-refractivity contribution in [2.45, 2.75) is 246 Å². The van der Waals surface area contributed by atoms with Crippen LogP contribution in [0.15, 0.2) is 0 Å². The molecule has 0 aromatic heterocycles. The van der Waals surface area contributed by atoms with Crippen molar-refractivity contribution in [1.29, 1.82) is 0 Å². The van der Waals surface area contributed by atoms with Gasteiger partial charge in [-0.1, -0.05) is 0 Å². The molecule has 0 aromatic rings. The smallest absolute Gasteiger partial charge is 0.187 e. The number of hydrogen-bond donors (Lipinski definition) is 22. The number of hydrogen-bond acceptors (Lipinski definition) is 41. The predicted molar refractivity (Wildman–Crippen MR) is 270 cm³/mol. The van der Waals surface area contributed by atoms with Crippen molar-refractivity contribution in [1.82, 2.24) is 0 Å². The van der Waals surface area contributed by atoms with E-state index in [0.29, 0.717) is 0 Å². The van der Waals surface area contributed by atoms with E-state index in [1.807, 2.05) is 0 Å². The summed E-state index contributed by atoms with van der Waals surface area (Å²) in [4.78, 5) is 0. The highest BCUT2D eigenvalue weighted by Gasteiger charge is 2.59. The standard InChI is InChI=1S/C50H82O41/c51-1-12-22(57)33(68)45(79-12)88-37-19(86-42-30(65)21(56)11(55)5-74-42)9-77-49(39(37)90-47-35(70)24(59)14(3-53)81-47)85-18-8-76-44(32(67)28(18)63)87-20-10-78-50(84-17-7-75-43(31(66)27(17)62)83-16-6-73-41(72)29(64)26(16)61)40(91-48-36(71)25(60)15(4-54)82-48)38(20)89-46-34(69)23(58)13(2-52)80-46/h11-72H,1-10H2/t11-,12-,13-,14-,15-,16-,17-,18-,19-,20-,21+,22-,23-,24-,25-,26+,27+,28+,29-,30-,31-,32-,33+,34+,35+,36+,37+,38+,39-,40-,41+,42+,43+,44+,45-,46-,47-,48-,49+,50+/m1/s1. The summed E-state index contributed by atoms with van der Waals surface area (Å²) >= 11 is 0. The van der Waals surface area contributed by atoms with Crippen molar-refractivity contribution < 1.29 is 202 Å². The van der Waals surface area contributed by atoms with Gasteiger partial charge in [0.1, 0.15) is 183 Å². The Kier molecular flexibility index (Phi) is 24.6. The van der Waals surface area contributed by atoms with Crippen LogP contribution in [-0.2, 0) is 90.0 Å². The third-order valence-electron chi connectivity index (χ3n) is 17.2. The third-order valence-corrected chi connectivity index (χ3v) is 17.2. The first-order valence-corrected chi connectivity index (χ1v) is 29.3. The molecule has 0 amide bonds. The Morgan fingerprint density at radius 3 is 0.813 bits per heavy atom. The lowest BCUT2D eigenvalue weighted by Gasteiger charge is -2.48. The third kappa shape index (κ3) is 15.2. The van der Waals surface area contributed by atoms with E-state index in [0.717, 1.165) is 0 Å². The molecule has 0 bridgehead atoms. The van der Waals surface area contributed by atoms with Crippen LogP contribution in [0.1, 0.15) is 0 Å². The average molecular weight is 1340 g/mol. The summed E-state index contributed by atoms with van der Waals surface area (Å²) in [6, 6.07) is 0. The van der Waals surface area contributed by atoms with Gasteiger partial charge in [-0.2, -0.15) is 0 Å². The topological polar surface area (TPSA) is 620 Å². The van der Waals surface area contributed by atoms with Gasteiger partial charge in [0.2, 0.25) is 0 Å². The molecule has 10 heterocycles. The number of rotatable bonds is 22. The van der Waals surface area contributed by atoms with Crippen LogP contribution in [0.4, 0.5) is 0 Å². The minimum absolute atomic E-state index is 0.492. The Labute approximate surface area is 513 Å². The first-order chi connectivity index (χ1) is 43.4. The molecule has 10 fully saturated rings. The Hall–Kier alpha value is -1.64. The van der Waals surface area contributed by atoms with Crippen LogP contribution in [0.3, 0.4) is 0 Å². The molecule has 528 valence electrons. The largest absolute Gasteiger partial charge is 0.394 e. The van der Waals surface area contributed by atoms with Crippen molar-refractivity contribution in [2.24, 2.45) is 0 Å². The predicted octanol–water partition coefficient (Wildman–Crippen LogP) is -16.4. The van der Waals surface area contributed by atoms with E-state index in [9.17, 15) is 112 Å². The Morgan fingerprint density at radius 2 is 0.473 bits per heavy atom. The van der Waals surface area contributed by atoms with Crippen molar-refractivity contribution in [3.63, 3.8) is 0 Å². The van der Waals surface area contributed by atoms with Crippen LogP contribution in [-0.4, -0.2) is 424 Å². The van der Waals surface area contributed by atoms with E-state index in [1.165, 1.54) is 0 Å². The SMILES string of the molecule is OC[C@H]1O[C@H](O[C@@H]2[C@@H](O[C@H]3O[C@H](CO)[C@@H](O)[C@@H]3O)[C@H](O[C@@H]3CO[C@@H](O[C@@H]4CO[C@@H](O[C@@H]5CO[C@@H](O[C@@H]6CO[C@H](O)[C@H](O)[C@H]6O)[C@H](O)[C@H]5O)[C@H](O[C@H]5O[C@H](CO)[C@@H](O)[C@@H]5O)[C@H]4O[C@H]4O[C@H](CO)[C@@H](O)[C@@H]4O)[C@H](O)[C@H]3O)OC[C@H]2O[C@@H]2OC[C@@H](O)[C@H](O)[C@H]2O)[C@@H](O)[C@@H]1O. The van der Waals surface area contributed by atoms with Gasteiger partial charge >= 0.3 is 0 Å². The second kappa shape index (κ2) is 31.1. The van der Waals surface area contributed by atoms with E-state index in [1.54, 1.807) is 0 Å². The summed E-state index contributed by atoms with van der Waals surface area (Å²) in [7, 11) is 0. The van der Waals surface area contributed by atoms with Crippen molar-refractivity contribution in [2.75, 3.05) is 66.1 Å². The summed E-state index contributed by atoms with van der Waals surface area (Å²) in [6.45, 7) is -7.35. The fourth-order valence-electron chi connectivity index (χ4n) is 11.8. The molecule has 0 spiro atoms. The van der Waals surface area contributed by atoms with Gasteiger partial charge in [-0.3, -0.25) is 0 Å². The summed E-state index contributed by atoms with van der Waals surface area (Å²) in [5.74, 6) is 0. The summed E-state index contributed by atoms with van der Waals surface area (Å²) < 4.78 is 111. The van der Waals surface area contributed by atoms with Crippen LogP contribution in [0.5, 0.6) is 0 Å². The van der Waals surface area contributed by atoms with E-state index in [4.69, 9.17) is 90.0 Å². The molecular formula is C50H82O41. The van der Waals surface area contributed by atoms with E-state index in [2.05, 4.69) is 0 Å². The van der Waals surface area contributed by atoms with Crippen molar-refractivity contribution in [3.05, 3.63) is 0 Å². The molecule has 0 unspecified atom stereocenters. The van der Waals surface area contributed by atoms with E-state index >= 15 is 0 Å². The van der Waals surface area contributed by atoms with Gasteiger partial charge in [0.05, 0.1) is 66.1 Å². The van der Waals surface area contributed by atoms with Gasteiger partial charge in [0.25, 0.3) is 0 Å². The van der Waals surface area contributed by atoms with Gasteiger partial charge in [0, 0.05) is 0 Å². The van der Waals surface area contributed by atoms with Crippen LogP contribution < -0.4 is 0 Å². The monoisotopic (exact) mass is 1340 g/mol. The maximum Gasteiger partial charge on any atom is 0.187 e. The molecule has 0 aromatic carbocycles. The first kappa shape index (κ1) is 72.1. The minimum Gasteiger partial charge on any atom is -0.394 e. The van der Waals surface area contributed by atoms with Gasteiger partial charge in [0.15, 0.2) is 62.9 Å². The van der Waals surface area contributed by atoms with Gasteiger partial charge in [-0.05, 0) is 0 Å². The molecule has 0 radical (unpaired) electrons. The maximum atomic E-state index is 11.9. The zero-order valence-electron chi connectivity index (χ0n) is 47.8. The second-order valence-electron chi connectivity index (χ2n) is 23.3. The van der Waals surface area contributed by atoms with Gasteiger partial charge in [-0.25, -0.2) is 0 Å². The van der Waals surface area contributed by atoms with Gasteiger partial charge < -0.3 is 202 Å². The quantitative estimate of drug-likeness (QED) is 0.0479. The molecule has 10 aliphatic rings. The van der Waals surface area contributed by atoms with Gasteiger partial charge in [-0.15, -0.1) is 0 Å². The van der Waals surface area contributed by atoms with Crippen molar-refractivity contribution >= 4 is 0 Å². The molecule has 91 heavy (non-hydrogen) atoms. The first-order valence-electron chi connectivity index (χ1n) is 29.3. The lowest BCUT2D eigenvalue weighted by Crippen LogP contribution is -2.65. The Bertz CT molecular complexity index is 2240. The van der Waals surface area contributed by atoms with Crippen LogP contribution >= 0.6 is 0 Å². The molecule has 22 N–H and O–H groups in total. The molecule has 40 atom stereocenters. The van der Waals surface area contributed by atoms with Crippen LogP contribution in [0.25, 0.3) is 0 Å². The van der Waals surface area contributed by atoms with Crippen LogP contribution in [0, 0.1) is 0 Å². The Balaban J connectivity index is 0.894. The number of ether oxygens (including phenoxy) is 19. The molecule has 10 rings (SSSR count). The van der Waals surface area contributed by atoms with E-state index < -0.39 is 312 Å². The van der Waals surface area contributed by atoms with Crippen LogP contribution in [0.2, 0.25) is 0 Å². The number of aliphatic hydroxyl groups excluding tert-OH is 22. The highest BCUT2D eigenvalue weighted by Crippen LogP contribution is 2.39. The molecule has 10 saturated heterocycles. The zero-order chi connectivity index (χ0) is 65.6. The van der Waals surface area contributed by atoms with E-state index in [-0.39, 0.29) is 0 Å². The average Bonchev–Trinajstić information content (AvgIpc) is 1.80. The molecule has 41 nitrogen and oxygen atoms in total. The summed E-state index contributed by atoms with van der Waals surface area (Å²) in [5, 5.41) is 235. The molecular weight excluding hydrogens is 1260 g/mol. The fourth-order valence-corrected chi connectivity index (χ4v) is 11.8. The molecule has 10 aliphatic heterocycles. The van der Waals surface area contributed by atoms with Crippen molar-refractivity contribution in [3.8, 4) is 0 Å². The highest BCUT2D eigenvalue weighted by atomic mass is 16.8. The summed E-state index contributed by atoms with van der Waals surface area (Å²) in [6.07, 6.45) is -72.3. The molecule has 41 heteroatoms. The maximum absolute atomic E-state index is 11.9. The zero-order valence-corrected chi connectivity index (χ0v) is 47.8. The number of aliphatic hydroxyl groups is 22. The molecule has 0 aliphatic carbocycles. The molecule has 0 saturated carbocycles. The highest BCUT2D eigenvalue weighted by molar-refractivity contribution is 5.00. The fraction of sp³-hybridized carbons (Fsp3) is 1.00.